The van der Waals surface area contributed by atoms with E-state index >= 15 is 0 Å². The number of nitrogens with one attached hydrogen (secondary N) is 1. The van der Waals surface area contributed by atoms with Gasteiger partial charge in [-0.2, -0.15) is 5.26 Å². The standard InChI is InChI=1S/C16H22N2/c1-11(2)15-8-16(9-15)18-12(3)14-6-4-13(10-17)5-7-14/h4-7,11-12,15-16,18H,8-9H2,1-3H3. The Labute approximate surface area is 110 Å². The van der Waals surface area contributed by atoms with Gasteiger partial charge in [0.1, 0.15) is 0 Å². The molecule has 0 bridgehead atoms. The maximum absolute atomic E-state index is 8.78. The minimum absolute atomic E-state index is 0.371. The molecule has 1 aromatic carbocycles. The van der Waals surface area contributed by atoms with Crippen molar-refractivity contribution in [3.8, 4) is 6.07 Å². The van der Waals surface area contributed by atoms with Crippen LogP contribution in [0.3, 0.4) is 0 Å². The van der Waals surface area contributed by atoms with Gasteiger partial charge in [0.25, 0.3) is 0 Å². The molecular formula is C16H22N2. The number of nitrogens with zero attached hydrogens (tertiary/aromatic N) is 1. The highest BCUT2D eigenvalue weighted by molar-refractivity contribution is 5.32. The summed E-state index contributed by atoms with van der Waals surface area (Å²) in [7, 11) is 0. The smallest absolute Gasteiger partial charge is 0.0991 e. The van der Waals surface area contributed by atoms with Crippen LogP contribution < -0.4 is 5.32 Å². The average molecular weight is 242 g/mol. The predicted octanol–water partition coefficient (Wildman–Crippen LogP) is 3.64. The molecule has 1 aromatic rings. The van der Waals surface area contributed by atoms with Crippen LogP contribution in [0.15, 0.2) is 24.3 Å². The Kier molecular flexibility index (Phi) is 4.04. The summed E-state index contributed by atoms with van der Waals surface area (Å²) < 4.78 is 0. The molecule has 1 saturated carbocycles. The van der Waals surface area contributed by atoms with Crippen molar-refractivity contribution >= 4 is 0 Å². The lowest BCUT2D eigenvalue weighted by molar-refractivity contribution is 0.159. The minimum atomic E-state index is 0.371. The largest absolute Gasteiger partial charge is 0.307 e. The highest BCUT2D eigenvalue weighted by atomic mass is 15.0. The van der Waals surface area contributed by atoms with E-state index in [9.17, 15) is 0 Å². The lowest BCUT2D eigenvalue weighted by Gasteiger charge is -2.40. The van der Waals surface area contributed by atoms with Gasteiger partial charge in [-0.15, -0.1) is 0 Å². The van der Waals surface area contributed by atoms with Crippen molar-refractivity contribution in [2.45, 2.75) is 45.7 Å². The molecule has 0 aliphatic heterocycles. The van der Waals surface area contributed by atoms with E-state index in [0.717, 1.165) is 17.4 Å². The Bertz CT molecular complexity index is 421. The summed E-state index contributed by atoms with van der Waals surface area (Å²) in [5.41, 5.74) is 2.00. The molecule has 1 atom stereocenters. The highest BCUT2D eigenvalue weighted by Crippen LogP contribution is 2.34. The molecule has 1 unspecified atom stereocenters. The fraction of sp³-hybridized carbons (Fsp3) is 0.562. The van der Waals surface area contributed by atoms with Crippen molar-refractivity contribution in [2.24, 2.45) is 11.8 Å². The molecule has 1 aliphatic rings. The summed E-state index contributed by atoms with van der Waals surface area (Å²) in [5, 5.41) is 12.4. The van der Waals surface area contributed by atoms with Gasteiger partial charge in [0.15, 0.2) is 0 Å². The van der Waals surface area contributed by atoms with Crippen LogP contribution in [0.4, 0.5) is 0 Å². The first-order valence-electron chi connectivity index (χ1n) is 6.86. The first-order chi connectivity index (χ1) is 8.60. The molecule has 2 rings (SSSR count). The average Bonchev–Trinajstić information content (AvgIpc) is 2.32. The highest BCUT2D eigenvalue weighted by Gasteiger charge is 2.31. The van der Waals surface area contributed by atoms with Crippen LogP contribution in [0, 0.1) is 23.2 Å². The number of hydrogen-bond acceptors (Lipinski definition) is 2. The molecule has 0 heterocycles. The van der Waals surface area contributed by atoms with Gasteiger partial charge in [0, 0.05) is 12.1 Å². The topological polar surface area (TPSA) is 35.8 Å². The third kappa shape index (κ3) is 2.91. The second-order valence-corrected chi connectivity index (χ2v) is 5.79. The van der Waals surface area contributed by atoms with E-state index < -0.39 is 0 Å². The summed E-state index contributed by atoms with van der Waals surface area (Å²) in [5.74, 6) is 1.71. The lowest BCUT2D eigenvalue weighted by Crippen LogP contribution is -2.43. The molecule has 0 aromatic heterocycles. The van der Waals surface area contributed by atoms with Crippen molar-refractivity contribution in [2.75, 3.05) is 0 Å². The van der Waals surface area contributed by atoms with Gasteiger partial charge in [-0.3, -0.25) is 0 Å². The van der Waals surface area contributed by atoms with E-state index in [-0.39, 0.29) is 0 Å². The fourth-order valence-electron chi connectivity index (χ4n) is 2.64. The second-order valence-electron chi connectivity index (χ2n) is 5.79. The van der Waals surface area contributed by atoms with Crippen molar-refractivity contribution in [3.05, 3.63) is 35.4 Å². The monoisotopic (exact) mass is 242 g/mol. The molecule has 1 N–H and O–H groups in total. The van der Waals surface area contributed by atoms with Gasteiger partial charge in [-0.1, -0.05) is 26.0 Å². The Morgan fingerprint density at radius 2 is 1.78 bits per heavy atom. The van der Waals surface area contributed by atoms with Gasteiger partial charge in [-0.05, 0) is 49.3 Å². The zero-order valence-corrected chi connectivity index (χ0v) is 11.5. The van der Waals surface area contributed by atoms with E-state index in [2.05, 4.69) is 44.3 Å². The van der Waals surface area contributed by atoms with Gasteiger partial charge < -0.3 is 5.32 Å². The third-order valence-electron chi connectivity index (χ3n) is 4.14. The number of rotatable bonds is 4. The van der Waals surface area contributed by atoms with Crippen LogP contribution in [0.25, 0.3) is 0 Å². The van der Waals surface area contributed by atoms with Crippen LogP contribution in [0.5, 0.6) is 0 Å². The van der Waals surface area contributed by atoms with E-state index in [1.165, 1.54) is 18.4 Å². The number of nitriles is 1. The molecular weight excluding hydrogens is 220 g/mol. The normalized spacial score (nSPS) is 24.4. The van der Waals surface area contributed by atoms with E-state index in [1.54, 1.807) is 0 Å². The Balaban J connectivity index is 1.85. The predicted molar refractivity (Wildman–Crippen MR) is 74.1 cm³/mol. The van der Waals surface area contributed by atoms with Gasteiger partial charge in [-0.25, -0.2) is 0 Å². The van der Waals surface area contributed by atoms with Gasteiger partial charge >= 0.3 is 0 Å². The van der Waals surface area contributed by atoms with Crippen LogP contribution in [0.2, 0.25) is 0 Å². The van der Waals surface area contributed by atoms with Crippen LogP contribution in [-0.4, -0.2) is 6.04 Å². The molecule has 0 amide bonds. The van der Waals surface area contributed by atoms with Crippen molar-refractivity contribution < 1.29 is 0 Å². The van der Waals surface area contributed by atoms with Gasteiger partial charge in [0.05, 0.1) is 11.6 Å². The molecule has 18 heavy (non-hydrogen) atoms. The SMILES string of the molecule is CC(NC1CC(C(C)C)C1)c1ccc(C#N)cc1. The summed E-state index contributed by atoms with van der Waals surface area (Å²) in [6.07, 6.45) is 2.61. The zero-order valence-electron chi connectivity index (χ0n) is 11.5. The maximum Gasteiger partial charge on any atom is 0.0991 e. The third-order valence-corrected chi connectivity index (χ3v) is 4.14. The number of benzene rings is 1. The van der Waals surface area contributed by atoms with Crippen LogP contribution >= 0.6 is 0 Å². The molecule has 96 valence electrons. The molecule has 0 spiro atoms. The van der Waals surface area contributed by atoms with E-state index in [1.807, 2.05) is 12.1 Å². The van der Waals surface area contributed by atoms with E-state index in [4.69, 9.17) is 5.26 Å². The molecule has 0 saturated heterocycles. The second kappa shape index (κ2) is 5.54. The Morgan fingerprint density at radius 1 is 1.17 bits per heavy atom. The zero-order chi connectivity index (χ0) is 13.1. The lowest BCUT2D eigenvalue weighted by atomic mass is 9.73. The maximum atomic E-state index is 8.78. The van der Waals surface area contributed by atoms with Crippen molar-refractivity contribution in [3.63, 3.8) is 0 Å². The quantitative estimate of drug-likeness (QED) is 0.875. The Hall–Kier alpha value is -1.33. The summed E-state index contributed by atoms with van der Waals surface area (Å²) in [4.78, 5) is 0. The van der Waals surface area contributed by atoms with Gasteiger partial charge in [0.2, 0.25) is 0 Å². The first kappa shape index (κ1) is 13.1. The van der Waals surface area contributed by atoms with Crippen LogP contribution in [0.1, 0.15) is 50.8 Å². The summed E-state index contributed by atoms with van der Waals surface area (Å²) in [6, 6.07) is 11.1. The van der Waals surface area contributed by atoms with Crippen molar-refractivity contribution in [1.29, 1.82) is 5.26 Å². The summed E-state index contributed by atoms with van der Waals surface area (Å²) >= 11 is 0. The van der Waals surface area contributed by atoms with Crippen molar-refractivity contribution in [1.82, 2.24) is 5.32 Å². The summed E-state index contributed by atoms with van der Waals surface area (Å²) in [6.45, 7) is 6.82. The number of hydrogen-bond donors (Lipinski definition) is 1. The molecule has 1 aliphatic carbocycles. The molecule has 2 nitrogen and oxygen atoms in total. The first-order valence-corrected chi connectivity index (χ1v) is 6.86. The van der Waals surface area contributed by atoms with E-state index in [0.29, 0.717) is 12.1 Å². The molecule has 0 radical (unpaired) electrons. The minimum Gasteiger partial charge on any atom is -0.307 e. The molecule has 2 heteroatoms. The Morgan fingerprint density at radius 3 is 2.28 bits per heavy atom. The van der Waals surface area contributed by atoms with Crippen LogP contribution in [-0.2, 0) is 0 Å². The molecule has 1 fully saturated rings. The fourth-order valence-corrected chi connectivity index (χ4v) is 2.64.